The first-order valence-corrected chi connectivity index (χ1v) is 22.0. The topological polar surface area (TPSA) is 526 Å². The Morgan fingerprint density at radius 1 is 0.474 bits per heavy atom. The lowest BCUT2D eigenvalue weighted by Gasteiger charge is -2.06. The molecule has 5 fully saturated rings. The van der Waals surface area contributed by atoms with Crippen molar-refractivity contribution >= 4 is 105 Å². The van der Waals surface area contributed by atoms with Crippen LogP contribution in [0, 0.1) is 60.7 Å². The Morgan fingerprint density at radius 2 is 0.949 bits per heavy atom. The zero-order valence-corrected chi connectivity index (χ0v) is 39.7. The van der Waals surface area contributed by atoms with Crippen LogP contribution in [0.2, 0.25) is 0 Å². The number of hydrogen-bond donors (Lipinski definition) is 5. The van der Waals surface area contributed by atoms with Crippen molar-refractivity contribution in [1.29, 1.82) is 0 Å². The molecule has 0 bridgehead atoms. The number of amides is 5. The Labute approximate surface area is 433 Å². The van der Waals surface area contributed by atoms with Crippen molar-refractivity contribution in [3.05, 3.63) is 132 Å². The van der Waals surface area contributed by atoms with Gasteiger partial charge in [-0.15, -0.1) is 0 Å². The fraction of sp³-hybridized carbons (Fsp3) is 0.250. The van der Waals surface area contributed by atoms with Gasteiger partial charge in [-0.1, -0.05) is 0 Å². The van der Waals surface area contributed by atoms with Crippen molar-refractivity contribution in [3.8, 4) is 0 Å². The third kappa shape index (κ3) is 14.2. The van der Waals surface area contributed by atoms with Crippen LogP contribution in [-0.4, -0.2) is 150 Å². The first-order valence-electron chi connectivity index (χ1n) is 22.0. The summed E-state index contributed by atoms with van der Waals surface area (Å²) < 4.78 is 0. The van der Waals surface area contributed by atoms with Gasteiger partial charge < -0.3 is 52.3 Å². The van der Waals surface area contributed by atoms with E-state index in [9.17, 15) is 84.7 Å². The van der Waals surface area contributed by atoms with Crippen LogP contribution < -0.4 is 52.3 Å². The first kappa shape index (κ1) is 55.8. The van der Waals surface area contributed by atoms with E-state index in [0.717, 1.165) is 70.8 Å². The van der Waals surface area contributed by atoms with Gasteiger partial charge in [0, 0.05) is 89.8 Å². The summed E-state index contributed by atoms with van der Waals surface area (Å²) in [6, 6.07) is 6.46. The predicted octanol–water partition coefficient (Wildman–Crippen LogP) is 0.391. The van der Waals surface area contributed by atoms with Gasteiger partial charge in [0.1, 0.15) is 29.6 Å². The molecule has 5 aromatic heterocycles. The molecule has 5 aliphatic rings. The normalized spacial score (nSPS) is 13.5. The number of hydrogen-bond acceptors (Lipinski definition) is 27. The van der Waals surface area contributed by atoms with E-state index >= 15 is 0 Å². The number of rotatable bonds is 18. The highest BCUT2D eigenvalue weighted by atomic mass is 16.6. The predicted molar refractivity (Wildman–Crippen MR) is 267 cm³/mol. The molecule has 5 aromatic rings. The number of nitro groups is 6. The summed E-state index contributed by atoms with van der Waals surface area (Å²) in [5.41, 5.74) is 12.6. The van der Waals surface area contributed by atoms with E-state index < -0.39 is 64.2 Å². The van der Waals surface area contributed by atoms with Crippen molar-refractivity contribution in [3.63, 3.8) is 0 Å². The molecule has 0 atom stereocenters. The Kier molecular flexibility index (Phi) is 17.2. The van der Waals surface area contributed by atoms with E-state index in [1.165, 1.54) is 41.6 Å². The molecule has 0 aromatic carbocycles. The third-order valence-electron chi connectivity index (χ3n) is 10.6. The molecule has 0 saturated carbocycles. The molecule has 406 valence electrons. The Morgan fingerprint density at radius 3 is 1.41 bits per heavy atom. The molecular weight excluding hydrogens is 1050 g/mol. The molecule has 5 amide bonds. The van der Waals surface area contributed by atoms with Gasteiger partial charge in [-0.2, -0.15) is 0 Å². The Hall–Kier alpha value is -11.5. The summed E-state index contributed by atoms with van der Waals surface area (Å²) in [6.45, 7) is 7.22. The Balaban J connectivity index is 0.000000158. The number of anilines is 7. The number of nitrogens with one attached hydrogen (secondary N) is 2. The lowest BCUT2D eigenvalue weighted by Crippen LogP contribution is -2.17. The smallest absolute Gasteiger partial charge is 0.331 e. The SMILES string of the molecule is NC(=O)c1c([N+](=O)[O-])cnc(N2CC2)c1[N+](=O)[O-].NC(=O)c1cc([N+](=O)[O-])cnc1N1CC1.NC(=O)c1ccnc(N2CC2)c1[N+](=O)[O-].O=CNc1ccc([N+](=O)[O-])c(N2CC2)n1.O=CNc1cnc(N2CC2)c([N+](=O)[O-])c1. The number of nitrogens with zero attached hydrogens (tertiary/aromatic N) is 16. The molecule has 0 aliphatic carbocycles. The maximum Gasteiger partial charge on any atom is 0.331 e. The van der Waals surface area contributed by atoms with Crippen LogP contribution in [0.15, 0.2) is 55.1 Å². The van der Waals surface area contributed by atoms with Crippen LogP contribution in [0.5, 0.6) is 0 Å². The largest absolute Gasteiger partial charge is 0.365 e. The van der Waals surface area contributed by atoms with Gasteiger partial charge in [0.05, 0.1) is 47.0 Å². The lowest BCUT2D eigenvalue weighted by atomic mass is 10.1. The average molecular weight is 1090 g/mol. The summed E-state index contributed by atoms with van der Waals surface area (Å²) in [4.78, 5) is 142. The molecule has 5 saturated heterocycles. The van der Waals surface area contributed by atoms with Gasteiger partial charge in [0.15, 0.2) is 5.56 Å². The first-order chi connectivity index (χ1) is 37.1. The molecule has 0 unspecified atom stereocenters. The van der Waals surface area contributed by atoms with E-state index in [1.54, 1.807) is 14.7 Å². The van der Waals surface area contributed by atoms with Gasteiger partial charge in [0.25, 0.3) is 23.4 Å². The summed E-state index contributed by atoms with van der Waals surface area (Å²) in [5, 5.41) is 69.0. The molecule has 5 aliphatic heterocycles. The second kappa shape index (κ2) is 24.0. The number of carbonyl (C=O) groups is 5. The van der Waals surface area contributed by atoms with Crippen molar-refractivity contribution in [2.75, 3.05) is 101 Å². The van der Waals surface area contributed by atoms with Crippen LogP contribution in [0.3, 0.4) is 0 Å². The maximum atomic E-state index is 11.2. The number of nitrogens with two attached hydrogens (primary N) is 3. The number of aromatic nitrogens is 5. The van der Waals surface area contributed by atoms with E-state index in [-0.39, 0.29) is 45.5 Å². The standard InChI is InChI=1S/C8H7N5O5.4C8H8N4O3/c9-7(14)5-4(12(15)16)3-10-8(11-1-2-11)6(5)13(17)18;13-5-10-6-3-7(12(14)15)8(9-4-6)11-1-2-11;9-7(13)6-3-5(12(14)15)4-10-8(6)11-1-2-11;13-5-9-7-2-1-6(12(14)15)8(10-7)11-3-4-11;9-7(13)5-1-2-10-8(11-3-4-11)6(5)12(14)15/h3H,1-2H2,(H2,9,14);3-5H,1-2H2,(H,10,13);3-4H,1-2H2,(H2,9,13);1-2,5H,3-4H2,(H,9,10,13);1-2H,3-4H2,(H2,9,13). The highest BCUT2D eigenvalue weighted by Crippen LogP contribution is 2.38. The van der Waals surface area contributed by atoms with Crippen LogP contribution >= 0.6 is 0 Å². The molecule has 78 heavy (non-hydrogen) atoms. The highest BCUT2D eigenvalue weighted by Gasteiger charge is 2.39. The molecule has 10 rings (SSSR count). The van der Waals surface area contributed by atoms with E-state index in [4.69, 9.17) is 17.2 Å². The molecule has 10 heterocycles. The molecule has 0 spiro atoms. The summed E-state index contributed by atoms with van der Waals surface area (Å²) >= 11 is 0. The Bertz CT molecular complexity index is 3270. The van der Waals surface area contributed by atoms with Crippen LogP contribution in [0.4, 0.5) is 74.7 Å². The minimum Gasteiger partial charge on any atom is -0.365 e. The van der Waals surface area contributed by atoms with Crippen LogP contribution in [0.1, 0.15) is 31.1 Å². The minimum atomic E-state index is -1.22. The third-order valence-corrected chi connectivity index (χ3v) is 10.6. The van der Waals surface area contributed by atoms with Gasteiger partial charge in [-0.05, 0) is 12.1 Å². The number of primary amides is 3. The van der Waals surface area contributed by atoms with Gasteiger partial charge in [-0.3, -0.25) is 84.7 Å². The highest BCUT2D eigenvalue weighted by molar-refractivity contribution is 6.03. The van der Waals surface area contributed by atoms with Crippen molar-refractivity contribution in [2.45, 2.75) is 0 Å². The minimum absolute atomic E-state index is 0.0380. The lowest BCUT2D eigenvalue weighted by molar-refractivity contribution is -0.394. The van der Waals surface area contributed by atoms with Gasteiger partial charge in [0.2, 0.25) is 36.1 Å². The van der Waals surface area contributed by atoms with Crippen molar-refractivity contribution in [2.24, 2.45) is 17.2 Å². The van der Waals surface area contributed by atoms with E-state index in [1.807, 2.05) is 4.90 Å². The fourth-order valence-electron chi connectivity index (χ4n) is 6.54. The van der Waals surface area contributed by atoms with E-state index in [2.05, 4.69) is 35.6 Å². The molecular formula is C40H39N21O17. The second-order valence-electron chi connectivity index (χ2n) is 16.0. The second-order valence-corrected chi connectivity index (χ2v) is 16.0. The molecule has 0 radical (unpaired) electrons. The van der Waals surface area contributed by atoms with Crippen molar-refractivity contribution in [1.82, 2.24) is 24.9 Å². The monoisotopic (exact) mass is 1090 g/mol. The molecule has 8 N–H and O–H groups in total. The maximum absolute atomic E-state index is 11.2. The van der Waals surface area contributed by atoms with Crippen LogP contribution in [-0.2, 0) is 9.59 Å². The number of carbonyl (C=O) groups excluding carboxylic acids is 5. The summed E-state index contributed by atoms with van der Waals surface area (Å²) in [6.07, 6.45) is 5.62. The number of pyridine rings is 5. The summed E-state index contributed by atoms with van der Waals surface area (Å²) in [7, 11) is 0. The zero-order valence-electron chi connectivity index (χ0n) is 39.7. The van der Waals surface area contributed by atoms with Crippen molar-refractivity contribution < 1.29 is 53.5 Å². The molecule has 38 nitrogen and oxygen atoms in total. The fourth-order valence-corrected chi connectivity index (χ4v) is 6.54. The zero-order chi connectivity index (χ0) is 57.1. The van der Waals surface area contributed by atoms with E-state index in [0.29, 0.717) is 54.9 Å². The average Bonchev–Trinajstić information content (AvgIpc) is 4.19. The van der Waals surface area contributed by atoms with Crippen LogP contribution in [0.25, 0.3) is 0 Å². The van der Waals surface area contributed by atoms with Gasteiger partial charge in [-0.25, -0.2) is 24.9 Å². The summed E-state index contributed by atoms with van der Waals surface area (Å²) in [5.74, 6) is -1.18. The van der Waals surface area contributed by atoms with Gasteiger partial charge >= 0.3 is 28.4 Å². The quantitative estimate of drug-likeness (QED) is 0.0343. The molecule has 38 heteroatoms.